The van der Waals surface area contributed by atoms with Gasteiger partial charge in [0.05, 0.1) is 17.4 Å². The van der Waals surface area contributed by atoms with Crippen LogP contribution in [-0.4, -0.2) is 20.1 Å². The Hall–Kier alpha value is -0.403. The van der Waals surface area contributed by atoms with Gasteiger partial charge < -0.3 is 4.42 Å². The van der Waals surface area contributed by atoms with Crippen LogP contribution < -0.4 is 5.38 Å². The molecule has 0 amide bonds. The molecular formula is C10H18NOPSi. The molecule has 0 radical (unpaired) electrons. The lowest BCUT2D eigenvalue weighted by Crippen LogP contribution is -2.38. The maximum absolute atomic E-state index is 5.53. The summed E-state index contributed by atoms with van der Waals surface area (Å²) in [5.41, 5.74) is 1.14. The van der Waals surface area contributed by atoms with E-state index in [9.17, 15) is 0 Å². The summed E-state index contributed by atoms with van der Waals surface area (Å²) in [5.74, 6) is 0.263. The summed E-state index contributed by atoms with van der Waals surface area (Å²) in [4.78, 5) is 4.34. The second kappa shape index (κ2) is 4.41. The first-order valence-corrected chi connectivity index (χ1v) is 8.94. The summed E-state index contributed by atoms with van der Waals surface area (Å²) < 4.78 is 5.53. The Bertz CT molecular complexity index is 325. The largest absolute Gasteiger partial charge is 0.474 e. The van der Waals surface area contributed by atoms with Crippen molar-refractivity contribution in [3.63, 3.8) is 0 Å². The number of furan rings is 1. The van der Waals surface area contributed by atoms with E-state index in [1.54, 1.807) is 6.26 Å². The molecule has 4 heteroatoms. The third kappa shape index (κ3) is 3.07. The molecule has 1 aromatic rings. The smallest absolute Gasteiger partial charge is 0.124 e. The van der Waals surface area contributed by atoms with Crippen LogP contribution in [-0.2, 0) is 0 Å². The molecule has 0 aliphatic carbocycles. The first-order chi connectivity index (χ1) is 6.41. The van der Waals surface area contributed by atoms with Crippen molar-refractivity contribution < 1.29 is 4.42 Å². The predicted molar refractivity (Wildman–Crippen MR) is 68.5 cm³/mol. The Morgan fingerprint density at radius 2 is 2.14 bits per heavy atom. The minimum Gasteiger partial charge on any atom is -0.474 e. The van der Waals surface area contributed by atoms with E-state index < -0.39 is 8.07 Å². The molecule has 0 saturated heterocycles. The number of rotatable bonds is 3. The van der Waals surface area contributed by atoms with Crippen molar-refractivity contribution in [2.75, 3.05) is 0 Å². The molecule has 1 aromatic heterocycles. The predicted octanol–water partition coefficient (Wildman–Crippen LogP) is 2.46. The number of nitrogens with zero attached hydrogens (tertiary/aromatic N) is 1. The van der Waals surface area contributed by atoms with Gasteiger partial charge in [0.15, 0.2) is 0 Å². The quantitative estimate of drug-likeness (QED) is 0.442. The topological polar surface area (TPSA) is 25.5 Å². The van der Waals surface area contributed by atoms with E-state index in [1.165, 1.54) is 0 Å². The highest BCUT2D eigenvalue weighted by molar-refractivity contribution is 7.17. The molecular weight excluding hydrogens is 209 g/mol. The molecule has 0 bridgehead atoms. The second-order valence-electron chi connectivity index (χ2n) is 4.47. The van der Waals surface area contributed by atoms with Crippen molar-refractivity contribution in [1.82, 2.24) is 0 Å². The minimum absolute atomic E-state index is 0.263. The molecule has 14 heavy (non-hydrogen) atoms. The van der Waals surface area contributed by atoms with Gasteiger partial charge in [-0.05, 0) is 13.0 Å². The highest BCUT2D eigenvalue weighted by Crippen LogP contribution is 2.07. The van der Waals surface area contributed by atoms with E-state index in [-0.39, 0.29) is 5.78 Å². The van der Waals surface area contributed by atoms with E-state index in [0.29, 0.717) is 0 Å². The highest BCUT2D eigenvalue weighted by atomic mass is 31.0. The third-order valence-electron chi connectivity index (χ3n) is 1.83. The summed E-state index contributed by atoms with van der Waals surface area (Å²) >= 11 is 0. The van der Waals surface area contributed by atoms with Crippen LogP contribution in [0.5, 0.6) is 0 Å². The SMILES string of the molecule is C[C@@H](P)/N=C/c1ccoc1[Si](C)(C)C. The van der Waals surface area contributed by atoms with Gasteiger partial charge in [0.2, 0.25) is 0 Å². The fraction of sp³-hybridized carbons (Fsp3) is 0.500. The molecule has 0 N–H and O–H groups in total. The van der Waals surface area contributed by atoms with E-state index >= 15 is 0 Å². The Kier molecular flexibility index (Phi) is 3.68. The van der Waals surface area contributed by atoms with Crippen LogP contribution in [0.1, 0.15) is 12.5 Å². The second-order valence-corrected chi connectivity index (χ2v) is 10.4. The van der Waals surface area contributed by atoms with Gasteiger partial charge in [-0.2, -0.15) is 0 Å². The lowest BCUT2D eigenvalue weighted by atomic mass is 10.4. The van der Waals surface area contributed by atoms with Crippen LogP contribution >= 0.6 is 9.24 Å². The van der Waals surface area contributed by atoms with E-state index in [1.807, 2.05) is 19.2 Å². The molecule has 0 aliphatic rings. The van der Waals surface area contributed by atoms with Crippen molar-refractivity contribution in [2.24, 2.45) is 4.99 Å². The first-order valence-electron chi connectivity index (χ1n) is 4.78. The zero-order valence-corrected chi connectivity index (χ0v) is 11.4. The summed E-state index contributed by atoms with van der Waals surface area (Å²) in [6.07, 6.45) is 3.66. The lowest BCUT2D eigenvalue weighted by Gasteiger charge is -2.13. The maximum Gasteiger partial charge on any atom is 0.124 e. The van der Waals surface area contributed by atoms with Crippen molar-refractivity contribution in [3.8, 4) is 0 Å². The molecule has 1 unspecified atom stereocenters. The van der Waals surface area contributed by atoms with Crippen LogP contribution in [0.2, 0.25) is 19.6 Å². The molecule has 78 valence electrons. The van der Waals surface area contributed by atoms with E-state index in [0.717, 1.165) is 10.9 Å². The zero-order valence-electron chi connectivity index (χ0n) is 9.24. The molecule has 0 spiro atoms. The van der Waals surface area contributed by atoms with Crippen LogP contribution in [0.15, 0.2) is 21.7 Å². The van der Waals surface area contributed by atoms with E-state index in [2.05, 4.69) is 33.9 Å². The monoisotopic (exact) mass is 227 g/mol. The average Bonchev–Trinajstić information content (AvgIpc) is 2.46. The van der Waals surface area contributed by atoms with Crippen LogP contribution in [0.4, 0.5) is 0 Å². The number of hydrogen-bond acceptors (Lipinski definition) is 2. The molecule has 2 atom stereocenters. The van der Waals surface area contributed by atoms with Crippen molar-refractivity contribution in [2.45, 2.75) is 32.3 Å². The van der Waals surface area contributed by atoms with Crippen molar-refractivity contribution >= 4 is 28.9 Å². The normalized spacial score (nSPS) is 14.9. The fourth-order valence-electron chi connectivity index (χ4n) is 1.23. The summed E-state index contributed by atoms with van der Waals surface area (Å²) in [5, 5.41) is 1.13. The van der Waals surface area contributed by atoms with Gasteiger partial charge in [0, 0.05) is 11.8 Å². The third-order valence-corrected chi connectivity index (χ3v) is 3.77. The molecule has 0 aliphatic heterocycles. The minimum atomic E-state index is -1.36. The van der Waals surface area contributed by atoms with E-state index in [4.69, 9.17) is 4.42 Å². The van der Waals surface area contributed by atoms with Gasteiger partial charge in [0.1, 0.15) is 8.07 Å². The summed E-state index contributed by atoms with van der Waals surface area (Å²) in [6, 6.07) is 1.99. The molecule has 0 saturated carbocycles. The fourth-order valence-corrected chi connectivity index (χ4v) is 2.75. The van der Waals surface area contributed by atoms with Crippen molar-refractivity contribution in [1.29, 1.82) is 0 Å². The van der Waals surface area contributed by atoms with Gasteiger partial charge in [-0.25, -0.2) is 0 Å². The van der Waals surface area contributed by atoms with Gasteiger partial charge in [-0.15, -0.1) is 9.24 Å². The van der Waals surface area contributed by atoms with Crippen LogP contribution in [0.25, 0.3) is 0 Å². The standard InChI is InChI=1S/C10H18NOPSi/c1-8(13)11-7-9-5-6-12-10(9)14(2,3)4/h5-8H,13H2,1-4H3/b11-7+/t8-/m1/s1. The molecule has 0 fully saturated rings. The maximum atomic E-state index is 5.53. The van der Waals surface area contributed by atoms with Gasteiger partial charge in [-0.1, -0.05) is 19.6 Å². The molecule has 1 rings (SSSR count). The Morgan fingerprint density at radius 1 is 1.50 bits per heavy atom. The Labute approximate surface area is 89.0 Å². The molecule has 1 heterocycles. The lowest BCUT2D eigenvalue weighted by molar-refractivity contribution is 0.597. The Balaban J connectivity index is 2.94. The first kappa shape index (κ1) is 11.7. The van der Waals surface area contributed by atoms with Crippen LogP contribution in [0.3, 0.4) is 0 Å². The summed E-state index contributed by atoms with van der Waals surface area (Å²) in [7, 11) is 1.29. The van der Waals surface area contributed by atoms with Crippen molar-refractivity contribution in [3.05, 3.63) is 17.9 Å². The Morgan fingerprint density at radius 3 is 2.64 bits per heavy atom. The molecule has 2 nitrogen and oxygen atoms in total. The number of aliphatic imine (C=N–C) groups is 1. The van der Waals surface area contributed by atoms with Gasteiger partial charge in [0.25, 0.3) is 0 Å². The number of hydrogen-bond donors (Lipinski definition) is 0. The van der Waals surface area contributed by atoms with Gasteiger partial charge in [-0.3, -0.25) is 4.99 Å². The molecule has 0 aromatic carbocycles. The summed E-state index contributed by atoms with van der Waals surface area (Å²) in [6.45, 7) is 8.85. The van der Waals surface area contributed by atoms with Gasteiger partial charge >= 0.3 is 0 Å². The zero-order chi connectivity index (χ0) is 10.8. The highest BCUT2D eigenvalue weighted by Gasteiger charge is 2.23. The average molecular weight is 227 g/mol. The van der Waals surface area contributed by atoms with Crippen LogP contribution in [0, 0.1) is 0 Å².